The van der Waals surface area contributed by atoms with E-state index in [4.69, 9.17) is 10.2 Å². The molecule has 0 bridgehead atoms. The summed E-state index contributed by atoms with van der Waals surface area (Å²) in [6.45, 7) is 2.02. The van der Waals surface area contributed by atoms with Crippen LogP contribution in [-0.4, -0.2) is 0 Å². The van der Waals surface area contributed by atoms with Gasteiger partial charge in [-0.15, -0.1) is 0 Å². The molecule has 100 valence electrons. The monoisotopic (exact) mass is 266 g/mol. The van der Waals surface area contributed by atoms with Gasteiger partial charge < -0.3 is 15.5 Å². The van der Waals surface area contributed by atoms with Crippen LogP contribution >= 0.6 is 0 Å². The Bertz CT molecular complexity index is 820. The summed E-state index contributed by atoms with van der Waals surface area (Å²) in [7, 11) is 0. The Labute approximate surface area is 115 Å². The van der Waals surface area contributed by atoms with Gasteiger partial charge in [0, 0.05) is 11.1 Å². The number of rotatable bonds is 2. The topological polar surface area (TPSA) is 68.3 Å². The molecule has 0 saturated carbocycles. The molecule has 0 amide bonds. The van der Waals surface area contributed by atoms with E-state index in [0.29, 0.717) is 11.1 Å². The lowest BCUT2D eigenvalue weighted by Crippen LogP contribution is -2.06. The van der Waals surface area contributed by atoms with E-state index in [1.54, 1.807) is 12.1 Å². The predicted molar refractivity (Wildman–Crippen MR) is 81.4 cm³/mol. The number of nitrogens with one attached hydrogen (secondary N) is 1. The Balaban J connectivity index is 2.16. The number of hydrogen-bond donors (Lipinski definition) is 2. The van der Waals surface area contributed by atoms with Crippen LogP contribution < -0.4 is 16.7 Å². The van der Waals surface area contributed by atoms with Crippen LogP contribution in [0.1, 0.15) is 5.56 Å². The van der Waals surface area contributed by atoms with E-state index in [1.165, 1.54) is 5.56 Å². The first-order chi connectivity index (χ1) is 9.65. The van der Waals surface area contributed by atoms with Gasteiger partial charge in [0.05, 0.1) is 5.39 Å². The van der Waals surface area contributed by atoms with Gasteiger partial charge in [0.15, 0.2) is 0 Å². The minimum Gasteiger partial charge on any atom is -0.404 e. The number of aryl methyl sites for hydroxylation is 1. The molecule has 20 heavy (non-hydrogen) atoms. The molecule has 1 aromatic heterocycles. The van der Waals surface area contributed by atoms with Gasteiger partial charge in [-0.1, -0.05) is 35.9 Å². The highest BCUT2D eigenvalue weighted by atomic mass is 16.4. The van der Waals surface area contributed by atoms with Crippen molar-refractivity contribution in [2.45, 2.75) is 6.92 Å². The zero-order chi connectivity index (χ0) is 14.1. The zero-order valence-corrected chi connectivity index (χ0v) is 11.0. The lowest BCUT2D eigenvalue weighted by Gasteiger charge is -2.11. The summed E-state index contributed by atoms with van der Waals surface area (Å²) in [6.07, 6.45) is 0. The van der Waals surface area contributed by atoms with Gasteiger partial charge in [-0.05, 0) is 25.1 Å². The molecule has 0 spiro atoms. The average molecular weight is 266 g/mol. The predicted octanol–water partition coefficient (Wildman–Crippen LogP) is 3.43. The lowest BCUT2D eigenvalue weighted by atomic mass is 10.1. The van der Waals surface area contributed by atoms with Crippen LogP contribution in [0, 0.1) is 6.92 Å². The van der Waals surface area contributed by atoms with E-state index < -0.39 is 5.63 Å². The number of nitrogens with two attached hydrogens (primary N) is 1. The number of benzene rings is 2. The van der Waals surface area contributed by atoms with Crippen molar-refractivity contribution in [3.8, 4) is 0 Å². The second-order valence-electron chi connectivity index (χ2n) is 4.67. The van der Waals surface area contributed by atoms with Gasteiger partial charge in [0.2, 0.25) is 5.88 Å². The standard InChI is InChI=1S/C16H14N2O2/c1-10-6-8-11(9-7-10)18-14-12-4-2-3-5-13(12)16(19)20-15(14)17/h2-9,18H,17H2,1H3. The van der Waals surface area contributed by atoms with Crippen LogP contribution in [0.2, 0.25) is 0 Å². The highest BCUT2D eigenvalue weighted by molar-refractivity contribution is 5.98. The van der Waals surface area contributed by atoms with Gasteiger partial charge in [-0.2, -0.15) is 0 Å². The fourth-order valence-corrected chi connectivity index (χ4v) is 2.13. The first kappa shape index (κ1) is 12.3. The molecule has 0 unspecified atom stereocenters. The molecule has 3 rings (SSSR count). The van der Waals surface area contributed by atoms with Crippen molar-refractivity contribution >= 4 is 28.0 Å². The molecule has 3 aromatic rings. The second-order valence-corrected chi connectivity index (χ2v) is 4.67. The largest absolute Gasteiger partial charge is 0.404 e. The van der Waals surface area contributed by atoms with Gasteiger partial charge in [0.25, 0.3) is 0 Å². The second kappa shape index (κ2) is 4.74. The summed E-state index contributed by atoms with van der Waals surface area (Å²) in [5.41, 5.74) is 8.09. The molecule has 2 aromatic carbocycles. The molecule has 0 saturated heterocycles. The highest BCUT2D eigenvalue weighted by Gasteiger charge is 2.11. The highest BCUT2D eigenvalue weighted by Crippen LogP contribution is 2.29. The molecule has 4 nitrogen and oxygen atoms in total. The van der Waals surface area contributed by atoms with Crippen LogP contribution in [0.25, 0.3) is 10.8 Å². The molecular formula is C16H14N2O2. The Morgan fingerprint density at radius 3 is 2.35 bits per heavy atom. The van der Waals surface area contributed by atoms with E-state index in [-0.39, 0.29) is 5.88 Å². The Morgan fingerprint density at radius 1 is 1.00 bits per heavy atom. The third-order valence-electron chi connectivity index (χ3n) is 3.19. The van der Waals surface area contributed by atoms with Crippen LogP contribution in [-0.2, 0) is 0 Å². The van der Waals surface area contributed by atoms with Crippen LogP contribution in [0.3, 0.4) is 0 Å². The summed E-state index contributed by atoms with van der Waals surface area (Å²) in [6, 6.07) is 15.1. The van der Waals surface area contributed by atoms with E-state index in [0.717, 1.165) is 11.1 Å². The number of hydrogen-bond acceptors (Lipinski definition) is 4. The van der Waals surface area contributed by atoms with Crippen molar-refractivity contribution in [3.05, 3.63) is 64.5 Å². The molecule has 4 heteroatoms. The van der Waals surface area contributed by atoms with Crippen LogP contribution in [0.15, 0.2) is 57.7 Å². The van der Waals surface area contributed by atoms with E-state index in [2.05, 4.69) is 5.32 Å². The fraction of sp³-hybridized carbons (Fsp3) is 0.0625. The number of anilines is 3. The molecule has 1 heterocycles. The fourth-order valence-electron chi connectivity index (χ4n) is 2.13. The molecule has 0 atom stereocenters. The number of fused-ring (bicyclic) bond motifs is 1. The van der Waals surface area contributed by atoms with Gasteiger partial charge in [-0.25, -0.2) is 4.79 Å². The summed E-state index contributed by atoms with van der Waals surface area (Å²) >= 11 is 0. The third kappa shape index (κ3) is 2.12. The minimum atomic E-state index is -0.424. The first-order valence-corrected chi connectivity index (χ1v) is 6.30. The summed E-state index contributed by atoms with van der Waals surface area (Å²) in [4.78, 5) is 11.8. The normalized spacial score (nSPS) is 10.7. The van der Waals surface area contributed by atoms with E-state index in [1.807, 2.05) is 43.3 Å². The maximum absolute atomic E-state index is 11.8. The Hall–Kier alpha value is -2.75. The zero-order valence-electron chi connectivity index (χ0n) is 11.0. The van der Waals surface area contributed by atoms with Crippen molar-refractivity contribution < 1.29 is 4.42 Å². The van der Waals surface area contributed by atoms with Gasteiger partial charge >= 0.3 is 5.63 Å². The Kier molecular flexibility index (Phi) is 2.91. The van der Waals surface area contributed by atoms with Crippen molar-refractivity contribution in [1.82, 2.24) is 0 Å². The SMILES string of the molecule is Cc1ccc(Nc2c(N)oc(=O)c3ccccc23)cc1. The Morgan fingerprint density at radius 2 is 1.65 bits per heavy atom. The van der Waals surface area contributed by atoms with Gasteiger partial charge in [-0.3, -0.25) is 0 Å². The molecule has 0 aliphatic carbocycles. The quantitative estimate of drug-likeness (QED) is 0.745. The summed E-state index contributed by atoms with van der Waals surface area (Å²) < 4.78 is 5.08. The maximum atomic E-state index is 11.8. The molecular weight excluding hydrogens is 252 g/mol. The third-order valence-corrected chi connectivity index (χ3v) is 3.19. The molecule has 0 fully saturated rings. The molecule has 3 N–H and O–H groups in total. The van der Waals surface area contributed by atoms with E-state index in [9.17, 15) is 4.79 Å². The van der Waals surface area contributed by atoms with Crippen LogP contribution in [0.5, 0.6) is 0 Å². The summed E-state index contributed by atoms with van der Waals surface area (Å²) in [5, 5.41) is 4.47. The number of nitrogen functional groups attached to an aromatic ring is 1. The lowest BCUT2D eigenvalue weighted by molar-refractivity contribution is 0.542. The first-order valence-electron chi connectivity index (χ1n) is 6.30. The maximum Gasteiger partial charge on any atom is 0.345 e. The van der Waals surface area contributed by atoms with Crippen molar-refractivity contribution in [1.29, 1.82) is 0 Å². The minimum absolute atomic E-state index is 0.0919. The van der Waals surface area contributed by atoms with Gasteiger partial charge in [0.1, 0.15) is 5.69 Å². The molecule has 0 aliphatic rings. The smallest absolute Gasteiger partial charge is 0.345 e. The molecule has 0 radical (unpaired) electrons. The van der Waals surface area contributed by atoms with Crippen LogP contribution in [0.4, 0.5) is 17.3 Å². The van der Waals surface area contributed by atoms with Crippen molar-refractivity contribution in [3.63, 3.8) is 0 Å². The summed E-state index contributed by atoms with van der Waals surface area (Å²) in [5.74, 6) is 0.0919. The molecule has 0 aliphatic heterocycles. The van der Waals surface area contributed by atoms with Crippen molar-refractivity contribution in [2.75, 3.05) is 11.1 Å². The average Bonchev–Trinajstić information content (AvgIpc) is 2.45. The van der Waals surface area contributed by atoms with E-state index >= 15 is 0 Å². The van der Waals surface area contributed by atoms with Crippen molar-refractivity contribution in [2.24, 2.45) is 0 Å².